The second-order valence-electron chi connectivity index (χ2n) is 4.50. The lowest BCUT2D eigenvalue weighted by Gasteiger charge is -2.15. The fourth-order valence-electron chi connectivity index (χ4n) is 2.28. The first-order valence-electron chi connectivity index (χ1n) is 5.67. The minimum atomic E-state index is -0.341. The predicted molar refractivity (Wildman–Crippen MR) is 60.1 cm³/mol. The van der Waals surface area contributed by atoms with Crippen molar-refractivity contribution in [3.8, 4) is 5.75 Å². The number of aliphatic hydroxyl groups excluding tert-OH is 1. The van der Waals surface area contributed by atoms with Crippen LogP contribution in [0.25, 0.3) is 0 Å². The Morgan fingerprint density at radius 2 is 2.25 bits per heavy atom. The molecule has 1 aliphatic rings. The molecule has 1 saturated carbocycles. The molecule has 0 bridgehead atoms. The van der Waals surface area contributed by atoms with Crippen molar-refractivity contribution in [2.24, 2.45) is 5.92 Å². The van der Waals surface area contributed by atoms with Crippen LogP contribution in [0.3, 0.4) is 0 Å². The zero-order chi connectivity index (χ0) is 11.8. The lowest BCUT2D eigenvalue weighted by molar-refractivity contribution is 0.246. The van der Waals surface area contributed by atoms with Gasteiger partial charge in [-0.25, -0.2) is 4.39 Å². The van der Waals surface area contributed by atoms with Crippen LogP contribution in [-0.2, 0) is 5.41 Å². The van der Waals surface area contributed by atoms with Gasteiger partial charge in [-0.1, -0.05) is 13.0 Å². The lowest BCUT2D eigenvalue weighted by Crippen LogP contribution is -2.15. The Labute approximate surface area is 95.1 Å². The van der Waals surface area contributed by atoms with Crippen LogP contribution in [0.1, 0.15) is 25.8 Å². The van der Waals surface area contributed by atoms with Crippen LogP contribution in [0.2, 0.25) is 0 Å². The van der Waals surface area contributed by atoms with Gasteiger partial charge in [0.1, 0.15) is 0 Å². The second-order valence-corrected chi connectivity index (χ2v) is 4.50. The third-order valence-corrected chi connectivity index (χ3v) is 3.54. The van der Waals surface area contributed by atoms with Crippen LogP contribution in [0.4, 0.5) is 4.39 Å². The number of rotatable bonds is 4. The molecule has 0 amide bonds. The second kappa shape index (κ2) is 4.06. The monoisotopic (exact) mass is 224 g/mol. The Bertz CT molecular complexity index is 388. The number of hydrogen-bond acceptors (Lipinski definition) is 2. The summed E-state index contributed by atoms with van der Waals surface area (Å²) in [5.41, 5.74) is 0.662. The van der Waals surface area contributed by atoms with Gasteiger partial charge in [-0.2, -0.15) is 0 Å². The molecule has 2 atom stereocenters. The van der Waals surface area contributed by atoms with E-state index in [0.717, 1.165) is 12.0 Å². The molecule has 0 aromatic heterocycles. The van der Waals surface area contributed by atoms with Gasteiger partial charge in [-0.05, 0) is 37.0 Å². The molecular formula is C13H17FO2. The first-order valence-corrected chi connectivity index (χ1v) is 5.67. The summed E-state index contributed by atoms with van der Waals surface area (Å²) in [5, 5.41) is 9.39. The Kier molecular flexibility index (Phi) is 2.89. The van der Waals surface area contributed by atoms with Crippen molar-refractivity contribution in [2.75, 3.05) is 13.2 Å². The summed E-state index contributed by atoms with van der Waals surface area (Å²) in [6.07, 6.45) is 0.928. The maximum atomic E-state index is 13.7. The Morgan fingerprint density at radius 3 is 2.69 bits per heavy atom. The van der Waals surface area contributed by atoms with E-state index in [2.05, 4.69) is 6.92 Å². The van der Waals surface area contributed by atoms with Gasteiger partial charge >= 0.3 is 0 Å². The summed E-state index contributed by atoms with van der Waals surface area (Å²) >= 11 is 0. The fourth-order valence-corrected chi connectivity index (χ4v) is 2.28. The molecular weight excluding hydrogens is 207 g/mol. The quantitative estimate of drug-likeness (QED) is 0.851. The smallest absolute Gasteiger partial charge is 0.165 e. The van der Waals surface area contributed by atoms with Crippen LogP contribution in [0.15, 0.2) is 18.2 Å². The van der Waals surface area contributed by atoms with E-state index in [-0.39, 0.29) is 23.6 Å². The summed E-state index contributed by atoms with van der Waals surface area (Å²) in [7, 11) is 0. The van der Waals surface area contributed by atoms with Crippen LogP contribution < -0.4 is 4.74 Å². The van der Waals surface area contributed by atoms with Gasteiger partial charge in [0, 0.05) is 5.41 Å². The SMILES string of the molecule is CCOc1ccc(C2(CO)CC2C)cc1F. The van der Waals surface area contributed by atoms with Gasteiger partial charge in [0.15, 0.2) is 11.6 Å². The maximum Gasteiger partial charge on any atom is 0.165 e. The highest BCUT2D eigenvalue weighted by atomic mass is 19.1. The molecule has 2 rings (SSSR count). The molecule has 88 valence electrons. The van der Waals surface area contributed by atoms with Crippen LogP contribution in [0, 0.1) is 11.7 Å². The summed E-state index contributed by atoms with van der Waals surface area (Å²) in [5.74, 6) is 0.369. The van der Waals surface area contributed by atoms with E-state index in [0.29, 0.717) is 12.5 Å². The van der Waals surface area contributed by atoms with Crippen molar-refractivity contribution >= 4 is 0 Å². The number of hydrogen-bond donors (Lipinski definition) is 1. The molecule has 0 radical (unpaired) electrons. The first kappa shape index (κ1) is 11.4. The molecule has 0 saturated heterocycles. The zero-order valence-corrected chi connectivity index (χ0v) is 9.66. The van der Waals surface area contributed by atoms with Gasteiger partial charge < -0.3 is 9.84 Å². The number of halogens is 1. The molecule has 16 heavy (non-hydrogen) atoms. The summed E-state index contributed by atoms with van der Waals surface area (Å²) in [4.78, 5) is 0. The average molecular weight is 224 g/mol. The maximum absolute atomic E-state index is 13.7. The Morgan fingerprint density at radius 1 is 1.56 bits per heavy atom. The first-order chi connectivity index (χ1) is 7.64. The highest BCUT2D eigenvalue weighted by molar-refractivity contribution is 5.38. The summed E-state index contributed by atoms with van der Waals surface area (Å²) < 4.78 is 18.8. The molecule has 0 spiro atoms. The van der Waals surface area contributed by atoms with Crippen molar-refractivity contribution in [1.82, 2.24) is 0 Å². The van der Waals surface area contributed by atoms with Crippen molar-refractivity contribution in [3.63, 3.8) is 0 Å². The molecule has 2 unspecified atom stereocenters. The highest BCUT2D eigenvalue weighted by Crippen LogP contribution is 2.53. The molecule has 3 heteroatoms. The van der Waals surface area contributed by atoms with Gasteiger partial charge in [0.25, 0.3) is 0 Å². The fraction of sp³-hybridized carbons (Fsp3) is 0.538. The van der Waals surface area contributed by atoms with Crippen molar-refractivity contribution in [2.45, 2.75) is 25.7 Å². The Balaban J connectivity index is 2.28. The van der Waals surface area contributed by atoms with Crippen molar-refractivity contribution < 1.29 is 14.2 Å². The van der Waals surface area contributed by atoms with Gasteiger partial charge in [0.2, 0.25) is 0 Å². The molecule has 0 heterocycles. The minimum Gasteiger partial charge on any atom is -0.491 e. The molecule has 2 nitrogen and oxygen atoms in total. The van der Waals surface area contributed by atoms with Crippen molar-refractivity contribution in [3.05, 3.63) is 29.6 Å². The lowest BCUT2D eigenvalue weighted by atomic mass is 9.94. The molecule has 1 aromatic carbocycles. The standard InChI is InChI=1S/C13H17FO2/c1-3-16-12-5-4-10(6-11(12)14)13(8-15)7-9(13)2/h4-6,9,15H,3,7-8H2,1-2H3. The van der Waals surface area contributed by atoms with Gasteiger partial charge in [-0.3, -0.25) is 0 Å². The number of benzene rings is 1. The van der Waals surface area contributed by atoms with E-state index in [9.17, 15) is 9.50 Å². The molecule has 0 aliphatic heterocycles. The van der Waals surface area contributed by atoms with E-state index in [1.807, 2.05) is 13.0 Å². The van der Waals surface area contributed by atoms with Crippen LogP contribution >= 0.6 is 0 Å². The average Bonchev–Trinajstić information content (AvgIpc) is 2.94. The largest absolute Gasteiger partial charge is 0.491 e. The molecule has 1 aromatic rings. The normalized spacial score (nSPS) is 27.9. The Hall–Kier alpha value is -1.09. The zero-order valence-electron chi connectivity index (χ0n) is 9.66. The van der Waals surface area contributed by atoms with Gasteiger partial charge in [0.05, 0.1) is 13.2 Å². The van der Waals surface area contributed by atoms with Gasteiger partial charge in [-0.15, -0.1) is 0 Å². The van der Waals surface area contributed by atoms with E-state index in [1.165, 1.54) is 6.07 Å². The molecule has 1 aliphatic carbocycles. The minimum absolute atomic E-state index is 0.0849. The number of aliphatic hydroxyl groups is 1. The molecule has 1 fully saturated rings. The van der Waals surface area contributed by atoms with Crippen molar-refractivity contribution in [1.29, 1.82) is 0 Å². The topological polar surface area (TPSA) is 29.5 Å². The van der Waals surface area contributed by atoms with E-state index < -0.39 is 0 Å². The number of ether oxygens (including phenoxy) is 1. The highest BCUT2D eigenvalue weighted by Gasteiger charge is 2.52. The summed E-state index contributed by atoms with van der Waals surface area (Å²) in [6, 6.07) is 5.00. The third-order valence-electron chi connectivity index (χ3n) is 3.54. The van der Waals surface area contributed by atoms with Crippen LogP contribution in [-0.4, -0.2) is 18.3 Å². The van der Waals surface area contributed by atoms with Crippen LogP contribution in [0.5, 0.6) is 5.75 Å². The third kappa shape index (κ3) is 1.69. The van der Waals surface area contributed by atoms with E-state index in [1.54, 1.807) is 6.07 Å². The van der Waals surface area contributed by atoms with E-state index in [4.69, 9.17) is 4.74 Å². The predicted octanol–water partition coefficient (Wildman–Crippen LogP) is 2.49. The molecule has 1 N–H and O–H groups in total. The van der Waals surface area contributed by atoms with E-state index >= 15 is 0 Å². The summed E-state index contributed by atoms with van der Waals surface area (Å²) in [6.45, 7) is 4.44.